The molecule has 0 aliphatic heterocycles. The van der Waals surface area contributed by atoms with Gasteiger partial charge in [0.1, 0.15) is 5.75 Å². The number of carbonyl (C=O) groups excluding carboxylic acids is 1. The Kier molecular flexibility index (Phi) is 4.77. The Morgan fingerprint density at radius 2 is 2.05 bits per heavy atom. The lowest BCUT2D eigenvalue weighted by Crippen LogP contribution is -2.33. The Hall–Kier alpha value is -2.83. The minimum Gasteiger partial charge on any atom is -0.497 e. The topological polar surface area (TPSA) is 93.5 Å². The van der Waals surface area contributed by atoms with Crippen molar-refractivity contribution in [2.45, 2.75) is 19.5 Å². The highest BCUT2D eigenvalue weighted by molar-refractivity contribution is 5.96. The summed E-state index contributed by atoms with van der Waals surface area (Å²) in [6, 6.07) is 5.36. The van der Waals surface area contributed by atoms with Crippen LogP contribution in [0.1, 0.15) is 28.9 Å². The van der Waals surface area contributed by atoms with Crippen LogP contribution in [-0.4, -0.2) is 33.9 Å². The van der Waals surface area contributed by atoms with Crippen molar-refractivity contribution in [1.29, 1.82) is 0 Å². The smallest absolute Gasteiger partial charge is 0.330 e. The van der Waals surface area contributed by atoms with Gasteiger partial charge in [0, 0.05) is 12.7 Å². The van der Waals surface area contributed by atoms with Crippen LogP contribution in [0.4, 0.5) is 0 Å². The summed E-state index contributed by atoms with van der Waals surface area (Å²) < 4.78 is 6.62. The normalized spacial score (nSPS) is 11.7. The van der Waals surface area contributed by atoms with E-state index in [4.69, 9.17) is 4.74 Å². The van der Waals surface area contributed by atoms with Gasteiger partial charge in [-0.05, 0) is 24.6 Å². The first kappa shape index (κ1) is 15.6. The number of benzene rings is 1. The third kappa shape index (κ3) is 3.43. The molecular weight excluding hydrogens is 286 g/mol. The number of rotatable bonds is 6. The van der Waals surface area contributed by atoms with E-state index in [9.17, 15) is 14.7 Å². The van der Waals surface area contributed by atoms with E-state index in [1.807, 2.05) is 6.92 Å². The van der Waals surface area contributed by atoms with Crippen LogP contribution in [0, 0.1) is 0 Å². The van der Waals surface area contributed by atoms with Crippen LogP contribution in [0.15, 0.2) is 36.7 Å². The molecule has 0 saturated carbocycles. The number of nitrogens with one attached hydrogen (secondary N) is 1. The molecule has 2 rings (SSSR count). The standard InChI is InChI=1S/C15H17N3O4/c1-3-18-9-11(8-16-18)14(19)17-13(15(20)21)10-4-6-12(22-2)7-5-10/h4-9,13H,3H2,1-2H3,(H,17,19)(H,20,21). The molecule has 1 aromatic heterocycles. The summed E-state index contributed by atoms with van der Waals surface area (Å²) in [5.74, 6) is -1.01. The fourth-order valence-electron chi connectivity index (χ4n) is 1.95. The molecule has 0 spiro atoms. The molecule has 7 nitrogen and oxygen atoms in total. The average molecular weight is 303 g/mol. The summed E-state index contributed by atoms with van der Waals surface area (Å²) in [7, 11) is 1.52. The van der Waals surface area contributed by atoms with Gasteiger partial charge in [-0.25, -0.2) is 4.79 Å². The number of methoxy groups -OCH3 is 1. The highest BCUT2D eigenvalue weighted by atomic mass is 16.5. The molecule has 1 aromatic carbocycles. The maximum atomic E-state index is 12.1. The number of aliphatic carboxylic acids is 1. The maximum Gasteiger partial charge on any atom is 0.330 e. The first-order valence-corrected chi connectivity index (χ1v) is 6.75. The Labute approximate surface area is 127 Å². The molecule has 0 aliphatic rings. The van der Waals surface area contributed by atoms with E-state index in [2.05, 4.69) is 10.4 Å². The predicted octanol–water partition coefficient (Wildman–Crippen LogP) is 1.47. The summed E-state index contributed by atoms with van der Waals surface area (Å²) >= 11 is 0. The van der Waals surface area contributed by atoms with E-state index in [1.165, 1.54) is 13.3 Å². The van der Waals surface area contributed by atoms with Gasteiger partial charge >= 0.3 is 5.97 Å². The quantitative estimate of drug-likeness (QED) is 0.843. The summed E-state index contributed by atoms with van der Waals surface area (Å²) in [6.45, 7) is 2.53. The van der Waals surface area contributed by atoms with Gasteiger partial charge in [-0.15, -0.1) is 0 Å². The van der Waals surface area contributed by atoms with Crippen molar-refractivity contribution in [1.82, 2.24) is 15.1 Å². The number of aromatic nitrogens is 2. The monoisotopic (exact) mass is 303 g/mol. The largest absolute Gasteiger partial charge is 0.497 e. The zero-order valence-corrected chi connectivity index (χ0v) is 12.3. The highest BCUT2D eigenvalue weighted by Crippen LogP contribution is 2.18. The minimum absolute atomic E-state index is 0.321. The van der Waals surface area contributed by atoms with Crippen molar-refractivity contribution < 1.29 is 19.4 Å². The van der Waals surface area contributed by atoms with Gasteiger partial charge in [0.2, 0.25) is 0 Å². The lowest BCUT2D eigenvalue weighted by atomic mass is 10.1. The van der Waals surface area contributed by atoms with E-state index < -0.39 is 17.9 Å². The second-order valence-corrected chi connectivity index (χ2v) is 4.60. The third-order valence-corrected chi connectivity index (χ3v) is 3.19. The van der Waals surface area contributed by atoms with Crippen molar-refractivity contribution >= 4 is 11.9 Å². The molecule has 0 aliphatic carbocycles. The summed E-state index contributed by atoms with van der Waals surface area (Å²) in [6.07, 6.45) is 2.98. The molecular formula is C15H17N3O4. The molecule has 0 radical (unpaired) electrons. The number of ether oxygens (including phenoxy) is 1. The van der Waals surface area contributed by atoms with Gasteiger partial charge in [0.25, 0.3) is 5.91 Å². The van der Waals surface area contributed by atoms with Crippen LogP contribution < -0.4 is 10.1 Å². The van der Waals surface area contributed by atoms with E-state index in [-0.39, 0.29) is 0 Å². The molecule has 1 amide bonds. The molecule has 0 fully saturated rings. The first-order chi connectivity index (χ1) is 10.5. The highest BCUT2D eigenvalue weighted by Gasteiger charge is 2.23. The van der Waals surface area contributed by atoms with Gasteiger partial charge in [0.05, 0.1) is 18.9 Å². The van der Waals surface area contributed by atoms with Crippen LogP contribution in [0.2, 0.25) is 0 Å². The van der Waals surface area contributed by atoms with Crippen LogP contribution >= 0.6 is 0 Å². The second-order valence-electron chi connectivity index (χ2n) is 4.60. The van der Waals surface area contributed by atoms with E-state index >= 15 is 0 Å². The molecule has 7 heteroatoms. The van der Waals surface area contributed by atoms with Crippen molar-refractivity contribution in [2.75, 3.05) is 7.11 Å². The van der Waals surface area contributed by atoms with Crippen LogP contribution in [-0.2, 0) is 11.3 Å². The molecule has 2 aromatic rings. The molecule has 116 valence electrons. The lowest BCUT2D eigenvalue weighted by Gasteiger charge is -2.14. The number of hydrogen-bond acceptors (Lipinski definition) is 4. The van der Waals surface area contributed by atoms with Gasteiger partial charge < -0.3 is 15.2 Å². The number of amides is 1. The minimum atomic E-state index is -1.14. The molecule has 1 heterocycles. The van der Waals surface area contributed by atoms with E-state index in [0.29, 0.717) is 23.4 Å². The fourth-order valence-corrected chi connectivity index (χ4v) is 1.95. The van der Waals surface area contributed by atoms with Gasteiger partial charge in [-0.3, -0.25) is 9.48 Å². The average Bonchev–Trinajstić information content (AvgIpc) is 3.01. The summed E-state index contributed by atoms with van der Waals surface area (Å²) in [4.78, 5) is 23.5. The van der Waals surface area contributed by atoms with E-state index in [1.54, 1.807) is 35.1 Å². The Morgan fingerprint density at radius 1 is 1.36 bits per heavy atom. The SMILES string of the molecule is CCn1cc(C(=O)NC(C(=O)O)c2ccc(OC)cc2)cn1. The lowest BCUT2D eigenvalue weighted by molar-refractivity contribution is -0.139. The summed E-state index contributed by atoms with van der Waals surface area (Å²) in [5.41, 5.74) is 0.783. The van der Waals surface area contributed by atoms with Gasteiger partial charge in [-0.1, -0.05) is 12.1 Å². The van der Waals surface area contributed by atoms with Crippen LogP contribution in [0.25, 0.3) is 0 Å². The third-order valence-electron chi connectivity index (χ3n) is 3.19. The van der Waals surface area contributed by atoms with E-state index in [0.717, 1.165) is 0 Å². The number of carboxylic acid groups (broad SMARTS) is 1. The number of carboxylic acids is 1. The van der Waals surface area contributed by atoms with Crippen molar-refractivity contribution in [3.8, 4) is 5.75 Å². The number of hydrogen-bond donors (Lipinski definition) is 2. The van der Waals surface area contributed by atoms with Crippen molar-refractivity contribution in [3.05, 3.63) is 47.8 Å². The molecule has 1 unspecified atom stereocenters. The van der Waals surface area contributed by atoms with Crippen molar-refractivity contribution in [2.24, 2.45) is 0 Å². The molecule has 22 heavy (non-hydrogen) atoms. The predicted molar refractivity (Wildman–Crippen MR) is 78.7 cm³/mol. The molecule has 2 N–H and O–H groups in total. The molecule has 0 saturated heterocycles. The number of nitrogens with zero attached hydrogens (tertiary/aromatic N) is 2. The van der Waals surface area contributed by atoms with Gasteiger partial charge in [0.15, 0.2) is 6.04 Å². The molecule has 1 atom stereocenters. The Bertz CT molecular complexity index is 664. The van der Waals surface area contributed by atoms with Crippen LogP contribution in [0.3, 0.4) is 0 Å². The van der Waals surface area contributed by atoms with Crippen LogP contribution in [0.5, 0.6) is 5.75 Å². The number of aryl methyl sites for hydroxylation is 1. The van der Waals surface area contributed by atoms with Crippen molar-refractivity contribution in [3.63, 3.8) is 0 Å². The summed E-state index contributed by atoms with van der Waals surface area (Å²) in [5, 5.41) is 15.8. The zero-order chi connectivity index (χ0) is 16.1. The Balaban J connectivity index is 2.17. The second kappa shape index (κ2) is 6.75. The fraction of sp³-hybridized carbons (Fsp3) is 0.267. The first-order valence-electron chi connectivity index (χ1n) is 6.75. The van der Waals surface area contributed by atoms with Gasteiger partial charge in [-0.2, -0.15) is 5.10 Å². The zero-order valence-electron chi connectivity index (χ0n) is 12.3. The maximum absolute atomic E-state index is 12.1. The molecule has 0 bridgehead atoms. The Morgan fingerprint density at radius 3 is 2.55 bits per heavy atom. The number of carbonyl (C=O) groups is 2.